The number of rotatable bonds is 6. The zero-order valence-electron chi connectivity index (χ0n) is 17.9. The molecule has 6 nitrogen and oxygen atoms in total. The van der Waals surface area contributed by atoms with Gasteiger partial charge in [0.1, 0.15) is 12.4 Å². The molecular weight excluding hydrogens is 385 g/mol. The normalized spacial score (nSPS) is 29.7. The number of carbonyl (C=O) groups is 2. The van der Waals surface area contributed by atoms with Crippen molar-refractivity contribution in [2.45, 2.75) is 56.0 Å². The van der Waals surface area contributed by atoms with E-state index in [4.69, 9.17) is 0 Å². The second-order valence-corrected chi connectivity index (χ2v) is 9.60. The van der Waals surface area contributed by atoms with Crippen LogP contribution < -0.4 is 0 Å². The van der Waals surface area contributed by atoms with Gasteiger partial charge >= 0.3 is 12.0 Å². The van der Waals surface area contributed by atoms with E-state index >= 15 is 0 Å². The summed E-state index contributed by atoms with van der Waals surface area (Å²) in [6.45, 7) is 0.950. The molecule has 4 rings (SSSR count). The topological polar surface area (TPSA) is 64.1 Å². The predicted molar refractivity (Wildman–Crippen MR) is 112 cm³/mol. The van der Waals surface area contributed by atoms with Gasteiger partial charge in [-0.05, 0) is 76.2 Å². The summed E-state index contributed by atoms with van der Waals surface area (Å²) in [5.74, 6) is -0.675. The van der Waals surface area contributed by atoms with E-state index in [9.17, 15) is 19.1 Å². The van der Waals surface area contributed by atoms with Crippen LogP contribution in [0, 0.1) is 11.7 Å². The lowest BCUT2D eigenvalue weighted by atomic mass is 9.68. The highest BCUT2D eigenvalue weighted by molar-refractivity contribution is 5.83. The number of carboxylic acid groups (broad SMARTS) is 1. The number of benzene rings is 1. The van der Waals surface area contributed by atoms with Crippen molar-refractivity contribution in [1.29, 1.82) is 0 Å². The monoisotopic (exact) mass is 417 g/mol. The first-order valence-electron chi connectivity index (χ1n) is 11.0. The molecule has 0 aromatic heterocycles. The number of aliphatic carboxylic acids is 1. The summed E-state index contributed by atoms with van der Waals surface area (Å²) in [5, 5.41) is 9.28. The minimum absolute atomic E-state index is 0.132. The number of amides is 2. The minimum Gasteiger partial charge on any atom is -0.480 e. The number of nitrogens with zero attached hydrogens (tertiary/aromatic N) is 3. The maximum Gasteiger partial charge on any atom is 0.323 e. The maximum absolute atomic E-state index is 14.0. The molecule has 164 valence electrons. The first kappa shape index (κ1) is 21.1. The molecule has 7 heteroatoms. The first-order chi connectivity index (χ1) is 14.3. The third-order valence-corrected chi connectivity index (χ3v) is 7.78. The number of hydrogen-bond acceptors (Lipinski definition) is 3. The Morgan fingerprint density at radius 2 is 1.93 bits per heavy atom. The lowest BCUT2D eigenvalue weighted by Gasteiger charge is -2.51. The average Bonchev–Trinajstić information content (AvgIpc) is 2.89. The van der Waals surface area contributed by atoms with Crippen molar-refractivity contribution in [3.63, 3.8) is 0 Å². The van der Waals surface area contributed by atoms with Crippen LogP contribution in [0.2, 0.25) is 0 Å². The van der Waals surface area contributed by atoms with Gasteiger partial charge < -0.3 is 14.9 Å². The molecule has 0 atom stereocenters. The van der Waals surface area contributed by atoms with E-state index in [0.717, 1.165) is 50.6 Å². The lowest BCUT2D eigenvalue weighted by Crippen LogP contribution is -2.56. The summed E-state index contributed by atoms with van der Waals surface area (Å²) < 4.78 is 14.0. The Labute approximate surface area is 177 Å². The van der Waals surface area contributed by atoms with Crippen LogP contribution in [0.1, 0.15) is 50.5 Å². The summed E-state index contributed by atoms with van der Waals surface area (Å²) in [7, 11) is 4.07. The molecular formula is C23H32FN3O3. The Hall–Kier alpha value is -2.15. The van der Waals surface area contributed by atoms with Crippen molar-refractivity contribution in [2.24, 2.45) is 5.92 Å². The van der Waals surface area contributed by atoms with Gasteiger partial charge in [-0.2, -0.15) is 0 Å². The lowest BCUT2D eigenvalue weighted by molar-refractivity contribution is -0.137. The van der Waals surface area contributed by atoms with Crippen LogP contribution in [-0.4, -0.2) is 71.1 Å². The van der Waals surface area contributed by atoms with Gasteiger partial charge in [-0.3, -0.25) is 9.69 Å². The molecule has 1 heterocycles. The molecule has 0 radical (unpaired) electrons. The molecule has 1 N–H and O–H groups in total. The second-order valence-electron chi connectivity index (χ2n) is 9.60. The van der Waals surface area contributed by atoms with Gasteiger partial charge in [0.15, 0.2) is 0 Å². The molecule has 1 spiro atoms. The molecule has 1 aromatic carbocycles. The van der Waals surface area contributed by atoms with Crippen LogP contribution in [0.3, 0.4) is 0 Å². The molecule has 1 aromatic rings. The highest BCUT2D eigenvalue weighted by Crippen LogP contribution is 2.49. The molecule has 2 saturated carbocycles. The highest BCUT2D eigenvalue weighted by atomic mass is 19.1. The zero-order chi connectivity index (χ0) is 21.5. The third kappa shape index (κ3) is 3.57. The standard InChI is InChI=1S/C23H32FN3O3/c1-25(2)23(18-7-4-8-19(24)13-18)11-9-22(10-12-23)16-26(15-20(28)29)21(30)27(22)14-17-5-3-6-17/h4,7-8,13,17H,3,5-6,9-12,14-16H2,1-2H3,(H,28,29). The minimum atomic E-state index is -0.970. The Morgan fingerprint density at radius 3 is 2.47 bits per heavy atom. The molecule has 3 aliphatic rings. The van der Waals surface area contributed by atoms with E-state index < -0.39 is 5.97 Å². The van der Waals surface area contributed by atoms with Crippen molar-refractivity contribution >= 4 is 12.0 Å². The number of carbonyl (C=O) groups excluding carboxylic acids is 1. The van der Waals surface area contributed by atoms with E-state index in [1.54, 1.807) is 12.1 Å². The Balaban J connectivity index is 1.60. The average molecular weight is 418 g/mol. The Morgan fingerprint density at radius 1 is 1.23 bits per heavy atom. The van der Waals surface area contributed by atoms with Crippen LogP contribution in [0.4, 0.5) is 9.18 Å². The smallest absolute Gasteiger partial charge is 0.323 e. The van der Waals surface area contributed by atoms with E-state index in [1.807, 2.05) is 25.1 Å². The quantitative estimate of drug-likeness (QED) is 0.769. The van der Waals surface area contributed by atoms with Crippen molar-refractivity contribution < 1.29 is 19.1 Å². The fraction of sp³-hybridized carbons (Fsp3) is 0.652. The number of urea groups is 1. The first-order valence-corrected chi connectivity index (χ1v) is 11.0. The van der Waals surface area contributed by atoms with E-state index in [1.165, 1.54) is 17.4 Å². The Kier molecular flexibility index (Phi) is 5.51. The zero-order valence-corrected chi connectivity index (χ0v) is 17.9. The van der Waals surface area contributed by atoms with E-state index in [2.05, 4.69) is 4.90 Å². The van der Waals surface area contributed by atoms with Crippen LogP contribution >= 0.6 is 0 Å². The number of carboxylic acids is 1. The van der Waals surface area contributed by atoms with Crippen LogP contribution in [0.25, 0.3) is 0 Å². The molecule has 0 unspecified atom stereocenters. The molecule has 2 amide bonds. The summed E-state index contributed by atoms with van der Waals surface area (Å²) in [6, 6.07) is 6.71. The maximum atomic E-state index is 14.0. The van der Waals surface area contributed by atoms with Gasteiger partial charge in [-0.25, -0.2) is 9.18 Å². The van der Waals surface area contributed by atoms with Crippen LogP contribution in [-0.2, 0) is 10.3 Å². The summed E-state index contributed by atoms with van der Waals surface area (Å²) in [4.78, 5) is 30.1. The fourth-order valence-corrected chi connectivity index (χ4v) is 5.70. The van der Waals surface area contributed by atoms with Crippen LogP contribution in [0.15, 0.2) is 24.3 Å². The van der Waals surface area contributed by atoms with Gasteiger partial charge in [0.25, 0.3) is 0 Å². The van der Waals surface area contributed by atoms with E-state index in [0.29, 0.717) is 12.5 Å². The van der Waals surface area contributed by atoms with Gasteiger partial charge in [-0.1, -0.05) is 18.6 Å². The molecule has 0 bridgehead atoms. The van der Waals surface area contributed by atoms with E-state index in [-0.39, 0.29) is 29.5 Å². The molecule has 3 fully saturated rings. The molecule has 30 heavy (non-hydrogen) atoms. The predicted octanol–water partition coefficient (Wildman–Crippen LogP) is 3.52. The molecule has 1 saturated heterocycles. The van der Waals surface area contributed by atoms with Gasteiger partial charge in [0, 0.05) is 18.6 Å². The van der Waals surface area contributed by atoms with Crippen LogP contribution in [0.5, 0.6) is 0 Å². The summed E-state index contributed by atoms with van der Waals surface area (Å²) in [5.41, 5.74) is 0.368. The largest absolute Gasteiger partial charge is 0.480 e. The summed E-state index contributed by atoms with van der Waals surface area (Å²) >= 11 is 0. The van der Waals surface area contributed by atoms with Gasteiger partial charge in [0.05, 0.1) is 5.54 Å². The SMILES string of the molecule is CN(C)C1(c2cccc(F)c2)CCC2(CC1)CN(CC(=O)O)C(=O)N2CC1CCC1. The van der Waals surface area contributed by atoms with Crippen molar-refractivity contribution in [2.75, 3.05) is 33.7 Å². The summed E-state index contributed by atoms with van der Waals surface area (Å²) in [6.07, 6.45) is 6.68. The van der Waals surface area contributed by atoms with Gasteiger partial charge in [0.2, 0.25) is 0 Å². The molecule has 1 aliphatic heterocycles. The Bertz CT molecular complexity index is 816. The highest BCUT2D eigenvalue weighted by Gasteiger charge is 2.55. The van der Waals surface area contributed by atoms with Crippen molar-refractivity contribution in [1.82, 2.24) is 14.7 Å². The van der Waals surface area contributed by atoms with Crippen molar-refractivity contribution in [3.8, 4) is 0 Å². The number of halogens is 1. The second kappa shape index (κ2) is 7.84. The number of hydrogen-bond donors (Lipinski definition) is 1. The van der Waals surface area contributed by atoms with Crippen molar-refractivity contribution in [3.05, 3.63) is 35.6 Å². The third-order valence-electron chi connectivity index (χ3n) is 7.78. The fourth-order valence-electron chi connectivity index (χ4n) is 5.70. The molecule has 2 aliphatic carbocycles. The van der Waals surface area contributed by atoms with Gasteiger partial charge in [-0.15, -0.1) is 0 Å².